The van der Waals surface area contributed by atoms with Gasteiger partial charge in [-0.3, -0.25) is 4.79 Å². The summed E-state index contributed by atoms with van der Waals surface area (Å²) in [4.78, 5) is 29.5. The first-order valence-electron chi connectivity index (χ1n) is 9.32. The van der Waals surface area contributed by atoms with Crippen LogP contribution in [-0.4, -0.2) is 24.0 Å². The van der Waals surface area contributed by atoms with Crippen molar-refractivity contribution in [1.29, 1.82) is 0 Å². The fraction of sp³-hybridized carbons (Fsp3) is 0.261. The zero-order chi connectivity index (χ0) is 19.7. The number of pyridine rings is 1. The van der Waals surface area contributed by atoms with Gasteiger partial charge in [-0.25, -0.2) is 9.78 Å². The summed E-state index contributed by atoms with van der Waals surface area (Å²) in [7, 11) is 1.34. The first kappa shape index (κ1) is 18.2. The van der Waals surface area contributed by atoms with E-state index in [1.807, 2.05) is 61.5 Å². The fourth-order valence-electron chi connectivity index (χ4n) is 3.49. The molecule has 1 heterocycles. The number of nitrogens with zero attached hydrogens (tertiary/aromatic N) is 1. The molecule has 0 amide bonds. The van der Waals surface area contributed by atoms with E-state index in [-0.39, 0.29) is 18.5 Å². The molecule has 1 aromatic heterocycles. The molecule has 5 heteroatoms. The van der Waals surface area contributed by atoms with Crippen molar-refractivity contribution in [3.63, 3.8) is 0 Å². The lowest BCUT2D eigenvalue weighted by Gasteiger charge is -2.16. The lowest BCUT2D eigenvalue weighted by Crippen LogP contribution is -2.14. The molecule has 142 valence electrons. The van der Waals surface area contributed by atoms with E-state index in [1.165, 1.54) is 7.11 Å². The highest BCUT2D eigenvalue weighted by atomic mass is 16.5. The van der Waals surface area contributed by atoms with Gasteiger partial charge in [0.25, 0.3) is 0 Å². The zero-order valence-corrected chi connectivity index (χ0v) is 15.8. The van der Waals surface area contributed by atoms with Gasteiger partial charge >= 0.3 is 11.9 Å². The predicted octanol–water partition coefficient (Wildman–Crippen LogP) is 4.39. The summed E-state index contributed by atoms with van der Waals surface area (Å²) >= 11 is 0. The van der Waals surface area contributed by atoms with Crippen LogP contribution in [0.4, 0.5) is 0 Å². The van der Waals surface area contributed by atoms with Gasteiger partial charge in [0.15, 0.2) is 0 Å². The molecular formula is C23H21NO4. The topological polar surface area (TPSA) is 65.5 Å². The van der Waals surface area contributed by atoms with Crippen LogP contribution < -0.4 is 0 Å². The van der Waals surface area contributed by atoms with E-state index in [0.717, 1.165) is 28.5 Å². The molecule has 2 atom stereocenters. The summed E-state index contributed by atoms with van der Waals surface area (Å²) in [5.41, 5.74) is 3.10. The number of esters is 2. The number of hydrogen-bond acceptors (Lipinski definition) is 5. The van der Waals surface area contributed by atoms with Crippen LogP contribution in [0.25, 0.3) is 22.0 Å². The molecule has 2 aromatic carbocycles. The van der Waals surface area contributed by atoms with Crippen molar-refractivity contribution >= 4 is 22.8 Å². The van der Waals surface area contributed by atoms with Crippen molar-refractivity contribution in [2.45, 2.75) is 20.0 Å². The van der Waals surface area contributed by atoms with Crippen molar-refractivity contribution in [2.75, 3.05) is 7.11 Å². The highest BCUT2D eigenvalue weighted by Crippen LogP contribution is 2.39. The number of carbonyl (C=O) groups is 2. The molecule has 0 radical (unpaired) electrons. The standard InChI is InChI=1S/C23H21NO4/c1-14-12-17(14)22(25)28-13-19-21(23(26)27-2)20(15-8-4-3-5-9-15)16-10-6-7-11-18(16)24-19/h3-11,14,17H,12-13H2,1-2H3/t14-,17+/m1/s1. The Morgan fingerprint density at radius 3 is 2.43 bits per heavy atom. The Morgan fingerprint density at radius 1 is 1.07 bits per heavy atom. The second-order valence-electron chi connectivity index (χ2n) is 7.11. The summed E-state index contributed by atoms with van der Waals surface area (Å²) < 4.78 is 10.5. The normalized spacial score (nSPS) is 17.9. The number of ether oxygens (including phenoxy) is 2. The molecule has 0 aliphatic heterocycles. The van der Waals surface area contributed by atoms with Gasteiger partial charge in [-0.15, -0.1) is 0 Å². The van der Waals surface area contributed by atoms with Gasteiger partial charge in [-0.05, 0) is 24.0 Å². The molecule has 0 spiro atoms. The minimum Gasteiger partial charge on any atom is -0.465 e. The maximum Gasteiger partial charge on any atom is 0.340 e. The molecule has 3 aromatic rings. The fourth-order valence-corrected chi connectivity index (χ4v) is 3.49. The molecule has 4 rings (SSSR count). The van der Waals surface area contributed by atoms with Gasteiger partial charge in [0.2, 0.25) is 0 Å². The SMILES string of the molecule is COC(=O)c1c(COC(=O)[C@H]2C[C@H]2C)nc2ccccc2c1-c1ccccc1. The van der Waals surface area contributed by atoms with E-state index < -0.39 is 5.97 Å². The summed E-state index contributed by atoms with van der Waals surface area (Å²) in [6, 6.07) is 17.3. The van der Waals surface area contributed by atoms with Crippen LogP contribution in [0.2, 0.25) is 0 Å². The number of rotatable bonds is 5. The van der Waals surface area contributed by atoms with Crippen LogP contribution in [0.15, 0.2) is 54.6 Å². The van der Waals surface area contributed by atoms with E-state index in [1.54, 1.807) is 0 Å². The Balaban J connectivity index is 1.86. The number of carbonyl (C=O) groups excluding carboxylic acids is 2. The van der Waals surface area contributed by atoms with E-state index in [4.69, 9.17) is 9.47 Å². The van der Waals surface area contributed by atoms with Gasteiger partial charge in [0.1, 0.15) is 6.61 Å². The average molecular weight is 375 g/mol. The molecule has 1 fully saturated rings. The summed E-state index contributed by atoms with van der Waals surface area (Å²) in [6.07, 6.45) is 0.850. The van der Waals surface area contributed by atoms with E-state index in [2.05, 4.69) is 4.98 Å². The smallest absolute Gasteiger partial charge is 0.340 e. The first-order chi connectivity index (χ1) is 13.6. The molecule has 1 saturated carbocycles. The molecule has 1 aliphatic carbocycles. The Kier molecular flexibility index (Phi) is 4.82. The number of hydrogen-bond donors (Lipinski definition) is 0. The summed E-state index contributed by atoms with van der Waals surface area (Å²) in [5, 5.41) is 0.847. The van der Waals surface area contributed by atoms with Crippen LogP contribution in [-0.2, 0) is 20.9 Å². The van der Waals surface area contributed by atoms with Gasteiger partial charge in [0.05, 0.1) is 29.8 Å². The number of para-hydroxylation sites is 1. The molecule has 28 heavy (non-hydrogen) atoms. The van der Waals surface area contributed by atoms with Gasteiger partial charge in [0, 0.05) is 10.9 Å². The Bertz CT molecular complexity index is 1050. The van der Waals surface area contributed by atoms with Gasteiger partial charge in [-0.2, -0.15) is 0 Å². The maximum atomic E-state index is 12.7. The zero-order valence-electron chi connectivity index (χ0n) is 15.8. The third-order valence-electron chi connectivity index (χ3n) is 5.18. The van der Waals surface area contributed by atoms with Crippen molar-refractivity contribution < 1.29 is 19.1 Å². The number of methoxy groups -OCH3 is 1. The lowest BCUT2D eigenvalue weighted by molar-refractivity contribution is -0.147. The predicted molar refractivity (Wildman–Crippen MR) is 106 cm³/mol. The molecule has 1 aliphatic rings. The van der Waals surface area contributed by atoms with Crippen LogP contribution in [0.3, 0.4) is 0 Å². The molecule has 0 saturated heterocycles. The van der Waals surface area contributed by atoms with Gasteiger partial charge in [-0.1, -0.05) is 55.5 Å². The number of benzene rings is 2. The quantitative estimate of drug-likeness (QED) is 0.619. The van der Waals surface area contributed by atoms with Crippen LogP contribution in [0.1, 0.15) is 29.4 Å². The highest BCUT2D eigenvalue weighted by molar-refractivity contribution is 6.07. The van der Waals surface area contributed by atoms with Crippen LogP contribution in [0.5, 0.6) is 0 Å². The Labute approximate surface area is 163 Å². The number of aromatic nitrogens is 1. The second kappa shape index (κ2) is 7.43. The summed E-state index contributed by atoms with van der Waals surface area (Å²) in [5.74, 6) is -0.421. The second-order valence-corrected chi connectivity index (χ2v) is 7.11. The molecule has 0 N–H and O–H groups in total. The lowest BCUT2D eigenvalue weighted by atomic mass is 9.94. The highest BCUT2D eigenvalue weighted by Gasteiger charge is 2.40. The maximum absolute atomic E-state index is 12.7. The largest absolute Gasteiger partial charge is 0.465 e. The molecular weight excluding hydrogens is 354 g/mol. The third kappa shape index (κ3) is 3.36. The minimum absolute atomic E-state index is 0.0457. The van der Waals surface area contributed by atoms with E-state index in [0.29, 0.717) is 17.2 Å². The van der Waals surface area contributed by atoms with E-state index >= 15 is 0 Å². The van der Waals surface area contributed by atoms with Crippen LogP contribution in [0, 0.1) is 11.8 Å². The third-order valence-corrected chi connectivity index (χ3v) is 5.18. The Morgan fingerprint density at radius 2 is 1.75 bits per heavy atom. The van der Waals surface area contributed by atoms with Crippen molar-refractivity contribution in [3.8, 4) is 11.1 Å². The molecule has 5 nitrogen and oxygen atoms in total. The monoisotopic (exact) mass is 375 g/mol. The average Bonchev–Trinajstić information content (AvgIpc) is 3.47. The van der Waals surface area contributed by atoms with Crippen LogP contribution >= 0.6 is 0 Å². The van der Waals surface area contributed by atoms with Crippen molar-refractivity contribution in [2.24, 2.45) is 11.8 Å². The van der Waals surface area contributed by atoms with Gasteiger partial charge < -0.3 is 9.47 Å². The number of fused-ring (bicyclic) bond motifs is 1. The van der Waals surface area contributed by atoms with Crippen molar-refractivity contribution in [1.82, 2.24) is 4.98 Å². The Hall–Kier alpha value is -3.21. The van der Waals surface area contributed by atoms with Crippen molar-refractivity contribution in [3.05, 3.63) is 65.9 Å². The molecule has 0 bridgehead atoms. The minimum atomic E-state index is -0.497. The molecule has 0 unspecified atom stereocenters. The summed E-state index contributed by atoms with van der Waals surface area (Å²) in [6.45, 7) is 1.96. The first-order valence-corrected chi connectivity index (χ1v) is 9.32. The van der Waals surface area contributed by atoms with E-state index in [9.17, 15) is 9.59 Å².